The Balaban J connectivity index is 2.15. The van der Waals surface area contributed by atoms with Crippen molar-refractivity contribution in [3.05, 3.63) is 41.7 Å². The predicted octanol–water partition coefficient (Wildman–Crippen LogP) is 3.10. The first kappa shape index (κ1) is 12.4. The van der Waals surface area contributed by atoms with Crippen molar-refractivity contribution in [1.82, 2.24) is 9.97 Å². The summed E-state index contributed by atoms with van der Waals surface area (Å²) in [5.74, 6) is 1.45. The van der Waals surface area contributed by atoms with E-state index in [4.69, 9.17) is 4.74 Å². The van der Waals surface area contributed by atoms with Crippen molar-refractivity contribution < 1.29 is 4.74 Å². The number of methoxy groups -OCH3 is 1. The average Bonchev–Trinajstić information content (AvgIpc) is 2.40. The van der Waals surface area contributed by atoms with Gasteiger partial charge in [-0.05, 0) is 43.2 Å². The quantitative estimate of drug-likeness (QED) is 0.896. The van der Waals surface area contributed by atoms with Gasteiger partial charge in [-0.25, -0.2) is 9.97 Å². The number of nitrogens with one attached hydrogen (secondary N) is 1. The van der Waals surface area contributed by atoms with Crippen LogP contribution in [0.5, 0.6) is 5.75 Å². The molecular formula is C14H17N3O. The third-order valence-corrected chi connectivity index (χ3v) is 2.81. The molecule has 94 valence electrons. The summed E-state index contributed by atoms with van der Waals surface area (Å²) in [6.45, 7) is 4.10. The zero-order chi connectivity index (χ0) is 13.0. The largest absolute Gasteiger partial charge is 0.497 e. The molecule has 18 heavy (non-hydrogen) atoms. The number of hydrogen-bond acceptors (Lipinski definition) is 4. The maximum atomic E-state index is 5.11. The molecule has 0 aliphatic rings. The summed E-state index contributed by atoms with van der Waals surface area (Å²) in [4.78, 5) is 8.72. The Hall–Kier alpha value is -2.10. The zero-order valence-electron chi connectivity index (χ0n) is 10.9. The van der Waals surface area contributed by atoms with E-state index in [1.807, 2.05) is 37.4 Å². The Bertz CT molecular complexity index is 523. The molecule has 0 bridgehead atoms. The third kappa shape index (κ3) is 2.77. The van der Waals surface area contributed by atoms with E-state index in [0.29, 0.717) is 5.95 Å². The lowest BCUT2D eigenvalue weighted by molar-refractivity contribution is 0.415. The summed E-state index contributed by atoms with van der Waals surface area (Å²) in [5, 5.41) is 3.17. The monoisotopic (exact) mass is 243 g/mol. The lowest BCUT2D eigenvalue weighted by Gasteiger charge is -2.08. The Kier molecular flexibility index (Phi) is 3.77. The minimum atomic E-state index is 0.620. The van der Waals surface area contributed by atoms with Gasteiger partial charge in [-0.15, -0.1) is 0 Å². The fraction of sp³-hybridized carbons (Fsp3) is 0.286. The van der Waals surface area contributed by atoms with Gasteiger partial charge in [0.1, 0.15) is 5.75 Å². The summed E-state index contributed by atoms with van der Waals surface area (Å²) in [6, 6.07) is 7.67. The molecular weight excluding hydrogens is 226 g/mol. The molecule has 0 amide bonds. The van der Waals surface area contributed by atoms with E-state index in [1.54, 1.807) is 7.11 Å². The minimum absolute atomic E-state index is 0.620. The van der Waals surface area contributed by atoms with Gasteiger partial charge in [0.15, 0.2) is 0 Å². The van der Waals surface area contributed by atoms with E-state index in [9.17, 15) is 0 Å². The molecule has 1 N–H and O–H groups in total. The summed E-state index contributed by atoms with van der Waals surface area (Å²) >= 11 is 0. The van der Waals surface area contributed by atoms with Crippen LogP contribution in [-0.4, -0.2) is 17.1 Å². The summed E-state index contributed by atoms with van der Waals surface area (Å²) in [5.41, 5.74) is 3.14. The number of rotatable bonds is 4. The first-order valence-corrected chi connectivity index (χ1v) is 5.96. The third-order valence-electron chi connectivity index (χ3n) is 2.81. The minimum Gasteiger partial charge on any atom is -0.497 e. The summed E-state index contributed by atoms with van der Waals surface area (Å²) in [7, 11) is 1.65. The highest BCUT2D eigenvalue weighted by Gasteiger charge is 2.02. The van der Waals surface area contributed by atoms with Gasteiger partial charge in [0.2, 0.25) is 5.95 Å². The molecule has 1 aromatic heterocycles. The first-order valence-electron chi connectivity index (χ1n) is 5.96. The lowest BCUT2D eigenvalue weighted by Crippen LogP contribution is -2.01. The maximum absolute atomic E-state index is 5.11. The van der Waals surface area contributed by atoms with Crippen LogP contribution in [0.25, 0.3) is 0 Å². The van der Waals surface area contributed by atoms with Crippen LogP contribution < -0.4 is 10.1 Å². The summed E-state index contributed by atoms with van der Waals surface area (Å²) in [6.07, 6.45) is 2.82. The highest BCUT2D eigenvalue weighted by molar-refractivity contribution is 5.54. The van der Waals surface area contributed by atoms with Crippen LogP contribution in [0.15, 0.2) is 30.5 Å². The van der Waals surface area contributed by atoms with Crippen molar-refractivity contribution >= 4 is 11.6 Å². The van der Waals surface area contributed by atoms with Gasteiger partial charge in [-0.1, -0.05) is 6.92 Å². The maximum Gasteiger partial charge on any atom is 0.227 e. The van der Waals surface area contributed by atoms with Gasteiger partial charge in [0, 0.05) is 17.6 Å². The molecule has 0 atom stereocenters. The molecule has 1 heterocycles. The average molecular weight is 243 g/mol. The molecule has 0 fully saturated rings. The lowest BCUT2D eigenvalue weighted by atomic mass is 10.2. The number of anilines is 2. The van der Waals surface area contributed by atoms with Crippen LogP contribution in [0.2, 0.25) is 0 Å². The van der Waals surface area contributed by atoms with E-state index >= 15 is 0 Å². The number of aromatic nitrogens is 2. The normalized spacial score (nSPS) is 10.2. The van der Waals surface area contributed by atoms with E-state index in [-0.39, 0.29) is 0 Å². The number of hydrogen-bond donors (Lipinski definition) is 1. The molecule has 0 saturated heterocycles. The molecule has 4 nitrogen and oxygen atoms in total. The number of benzene rings is 1. The van der Waals surface area contributed by atoms with Crippen molar-refractivity contribution in [3.8, 4) is 5.75 Å². The Labute approximate surface area is 107 Å². The SMILES string of the molecule is CCc1cnc(Nc2ccc(OC)cc2)nc1C. The van der Waals surface area contributed by atoms with Crippen LogP contribution in [0, 0.1) is 6.92 Å². The molecule has 4 heteroatoms. The first-order chi connectivity index (χ1) is 8.72. The number of ether oxygens (including phenoxy) is 1. The Morgan fingerprint density at radius 1 is 1.22 bits per heavy atom. The van der Waals surface area contributed by atoms with E-state index < -0.39 is 0 Å². The van der Waals surface area contributed by atoms with E-state index in [0.717, 1.165) is 23.6 Å². The standard InChI is InChI=1S/C14H17N3O/c1-4-11-9-15-14(16-10(11)2)17-12-5-7-13(18-3)8-6-12/h5-9H,4H2,1-3H3,(H,15,16,17). The second kappa shape index (κ2) is 5.49. The van der Waals surface area contributed by atoms with E-state index in [2.05, 4.69) is 22.2 Å². The van der Waals surface area contributed by atoms with Gasteiger partial charge >= 0.3 is 0 Å². The second-order valence-corrected chi connectivity index (χ2v) is 4.01. The smallest absolute Gasteiger partial charge is 0.227 e. The van der Waals surface area contributed by atoms with Gasteiger partial charge in [0.05, 0.1) is 7.11 Å². The van der Waals surface area contributed by atoms with Crippen molar-refractivity contribution in [1.29, 1.82) is 0 Å². The van der Waals surface area contributed by atoms with Gasteiger partial charge < -0.3 is 10.1 Å². The Morgan fingerprint density at radius 3 is 2.50 bits per heavy atom. The van der Waals surface area contributed by atoms with Crippen LogP contribution >= 0.6 is 0 Å². The van der Waals surface area contributed by atoms with Crippen LogP contribution in [0.4, 0.5) is 11.6 Å². The van der Waals surface area contributed by atoms with Crippen molar-refractivity contribution in [2.75, 3.05) is 12.4 Å². The van der Waals surface area contributed by atoms with Crippen molar-refractivity contribution in [3.63, 3.8) is 0 Å². The topological polar surface area (TPSA) is 47.0 Å². The highest BCUT2D eigenvalue weighted by Crippen LogP contribution is 2.18. The molecule has 0 aliphatic heterocycles. The van der Waals surface area contributed by atoms with Crippen LogP contribution in [0.1, 0.15) is 18.2 Å². The Morgan fingerprint density at radius 2 is 1.94 bits per heavy atom. The van der Waals surface area contributed by atoms with Crippen LogP contribution in [0.3, 0.4) is 0 Å². The fourth-order valence-corrected chi connectivity index (χ4v) is 1.70. The molecule has 0 spiro atoms. The molecule has 2 rings (SSSR count). The predicted molar refractivity (Wildman–Crippen MR) is 72.4 cm³/mol. The van der Waals surface area contributed by atoms with Crippen LogP contribution in [-0.2, 0) is 6.42 Å². The number of nitrogens with zero attached hydrogens (tertiary/aromatic N) is 2. The highest BCUT2D eigenvalue weighted by atomic mass is 16.5. The van der Waals surface area contributed by atoms with Gasteiger partial charge in [-0.2, -0.15) is 0 Å². The molecule has 0 aliphatic carbocycles. The van der Waals surface area contributed by atoms with Crippen molar-refractivity contribution in [2.24, 2.45) is 0 Å². The molecule has 1 aromatic carbocycles. The van der Waals surface area contributed by atoms with Crippen molar-refractivity contribution in [2.45, 2.75) is 20.3 Å². The van der Waals surface area contributed by atoms with Gasteiger partial charge in [0.25, 0.3) is 0 Å². The zero-order valence-corrected chi connectivity index (χ0v) is 10.9. The molecule has 0 unspecified atom stereocenters. The van der Waals surface area contributed by atoms with E-state index in [1.165, 1.54) is 5.56 Å². The number of aryl methyl sites for hydroxylation is 2. The molecule has 0 saturated carbocycles. The molecule has 2 aromatic rings. The molecule has 0 radical (unpaired) electrons. The summed E-state index contributed by atoms with van der Waals surface area (Å²) < 4.78 is 5.11. The van der Waals surface area contributed by atoms with Gasteiger partial charge in [-0.3, -0.25) is 0 Å². The second-order valence-electron chi connectivity index (χ2n) is 4.01. The fourth-order valence-electron chi connectivity index (χ4n) is 1.70.